The fourth-order valence-corrected chi connectivity index (χ4v) is 4.11. The monoisotopic (exact) mass is 338 g/mol. The number of hydrazone groups is 1. The van der Waals surface area contributed by atoms with Crippen molar-refractivity contribution < 1.29 is 13.2 Å². The molecule has 1 aromatic rings. The van der Waals surface area contributed by atoms with Gasteiger partial charge in [0.05, 0.1) is 11.5 Å². The van der Waals surface area contributed by atoms with Gasteiger partial charge >= 0.3 is 0 Å². The largest absolute Gasteiger partial charge is 0.494 e. The van der Waals surface area contributed by atoms with E-state index in [0.717, 1.165) is 25.0 Å². The van der Waals surface area contributed by atoms with Crippen LogP contribution in [0.1, 0.15) is 47.0 Å². The lowest BCUT2D eigenvalue weighted by Crippen LogP contribution is -2.30. The smallest absolute Gasteiger partial charge is 0.276 e. The first-order valence-corrected chi connectivity index (χ1v) is 9.50. The molecule has 1 N–H and O–H groups in total. The zero-order chi connectivity index (χ0) is 17.1. The summed E-state index contributed by atoms with van der Waals surface area (Å²) < 4.78 is 30.0. The van der Waals surface area contributed by atoms with E-state index >= 15 is 0 Å². The second-order valence-corrected chi connectivity index (χ2v) is 8.69. The summed E-state index contributed by atoms with van der Waals surface area (Å²) >= 11 is 0. The highest BCUT2D eigenvalue weighted by molar-refractivity contribution is 7.89. The van der Waals surface area contributed by atoms with Crippen molar-refractivity contribution in [2.45, 2.75) is 51.9 Å². The quantitative estimate of drug-likeness (QED) is 0.835. The molecule has 0 bridgehead atoms. The topological polar surface area (TPSA) is 67.8 Å². The van der Waals surface area contributed by atoms with Gasteiger partial charge < -0.3 is 4.74 Å². The molecule has 0 spiro atoms. The highest BCUT2D eigenvalue weighted by Gasteiger charge is 2.29. The Balaban J connectivity index is 2.10. The molecule has 0 unspecified atom stereocenters. The normalized spacial score (nSPS) is 22.8. The van der Waals surface area contributed by atoms with E-state index in [9.17, 15) is 8.42 Å². The van der Waals surface area contributed by atoms with Gasteiger partial charge in [-0.15, -0.1) is 0 Å². The minimum Gasteiger partial charge on any atom is -0.494 e. The van der Waals surface area contributed by atoms with Crippen molar-refractivity contribution in [3.8, 4) is 5.75 Å². The average Bonchev–Trinajstić information content (AvgIpc) is 2.44. The van der Waals surface area contributed by atoms with Gasteiger partial charge in [0.15, 0.2) is 0 Å². The number of ether oxygens (including phenoxy) is 1. The van der Waals surface area contributed by atoms with E-state index in [2.05, 4.69) is 30.7 Å². The second kappa shape index (κ2) is 6.91. The Morgan fingerprint density at radius 3 is 2.52 bits per heavy atom. The van der Waals surface area contributed by atoms with E-state index in [0.29, 0.717) is 18.3 Å². The lowest BCUT2D eigenvalue weighted by molar-refractivity contribution is 0.265. The molecule has 1 aliphatic rings. The molecular weight excluding hydrogens is 312 g/mol. The van der Waals surface area contributed by atoms with Crippen LogP contribution in [0.4, 0.5) is 0 Å². The van der Waals surface area contributed by atoms with Gasteiger partial charge in [-0.1, -0.05) is 20.8 Å². The number of sulfonamides is 1. The molecule has 1 aliphatic carbocycles. The highest BCUT2D eigenvalue weighted by Crippen LogP contribution is 2.36. The van der Waals surface area contributed by atoms with Crippen molar-refractivity contribution in [3.63, 3.8) is 0 Å². The van der Waals surface area contributed by atoms with Gasteiger partial charge in [0.1, 0.15) is 5.75 Å². The lowest BCUT2D eigenvalue weighted by Gasteiger charge is -2.34. The van der Waals surface area contributed by atoms with Crippen LogP contribution in [-0.2, 0) is 10.0 Å². The van der Waals surface area contributed by atoms with Crippen LogP contribution in [0.25, 0.3) is 0 Å². The summed E-state index contributed by atoms with van der Waals surface area (Å²) in [6, 6.07) is 6.36. The summed E-state index contributed by atoms with van der Waals surface area (Å²) in [7, 11) is -3.64. The minimum absolute atomic E-state index is 0.168. The fraction of sp³-hybridized carbons (Fsp3) is 0.588. The third-order valence-corrected chi connectivity index (χ3v) is 5.16. The van der Waals surface area contributed by atoms with Crippen LogP contribution in [0.3, 0.4) is 0 Å². The second-order valence-electron chi connectivity index (χ2n) is 7.03. The van der Waals surface area contributed by atoms with E-state index in [1.807, 2.05) is 6.92 Å². The SMILES string of the molecule is CCOc1ccc(S(=O)(=O)N/N=C2\C[C@@H](C)CC(C)(C)C2)cc1. The third-order valence-electron chi connectivity index (χ3n) is 3.94. The molecule has 2 rings (SSSR count). The maximum atomic E-state index is 12.3. The number of nitrogens with zero attached hydrogens (tertiary/aromatic N) is 1. The van der Waals surface area contributed by atoms with Gasteiger partial charge in [-0.25, -0.2) is 4.83 Å². The molecule has 23 heavy (non-hydrogen) atoms. The summed E-state index contributed by atoms with van der Waals surface area (Å²) in [5, 5.41) is 4.18. The van der Waals surface area contributed by atoms with Crippen LogP contribution in [0.2, 0.25) is 0 Å². The summed E-state index contributed by atoms with van der Waals surface area (Å²) in [6.07, 6.45) is 2.80. The van der Waals surface area contributed by atoms with Gasteiger partial charge in [0.25, 0.3) is 10.0 Å². The summed E-state index contributed by atoms with van der Waals surface area (Å²) in [6.45, 7) is 9.00. The molecule has 1 atom stereocenters. The van der Waals surface area contributed by atoms with Crippen LogP contribution in [0.5, 0.6) is 5.75 Å². The summed E-state index contributed by atoms with van der Waals surface area (Å²) in [5.74, 6) is 1.17. The number of hydrogen-bond acceptors (Lipinski definition) is 4. The van der Waals surface area contributed by atoms with Crippen molar-refractivity contribution in [2.24, 2.45) is 16.4 Å². The Morgan fingerprint density at radius 1 is 1.30 bits per heavy atom. The summed E-state index contributed by atoms with van der Waals surface area (Å²) in [5.41, 5.74) is 1.09. The molecule has 6 heteroatoms. The van der Waals surface area contributed by atoms with Gasteiger partial charge in [-0.2, -0.15) is 13.5 Å². The minimum atomic E-state index is -3.64. The lowest BCUT2D eigenvalue weighted by atomic mass is 9.72. The molecule has 5 nitrogen and oxygen atoms in total. The maximum Gasteiger partial charge on any atom is 0.276 e. The molecule has 1 aromatic carbocycles. The Bertz CT molecular complexity index is 664. The molecule has 128 valence electrons. The summed E-state index contributed by atoms with van der Waals surface area (Å²) in [4.78, 5) is 2.56. The molecule has 0 heterocycles. The van der Waals surface area contributed by atoms with Crippen LogP contribution in [0, 0.1) is 11.3 Å². The van der Waals surface area contributed by atoms with Crippen molar-refractivity contribution in [2.75, 3.05) is 6.61 Å². The molecule has 0 saturated heterocycles. The molecule has 0 aliphatic heterocycles. The first-order chi connectivity index (χ1) is 10.7. The van der Waals surface area contributed by atoms with Crippen LogP contribution >= 0.6 is 0 Å². The maximum absolute atomic E-state index is 12.3. The number of benzene rings is 1. The van der Waals surface area contributed by atoms with Crippen LogP contribution < -0.4 is 9.57 Å². The first kappa shape index (κ1) is 17.8. The Morgan fingerprint density at radius 2 is 1.96 bits per heavy atom. The number of nitrogens with one attached hydrogen (secondary N) is 1. The molecule has 1 fully saturated rings. The van der Waals surface area contributed by atoms with Crippen molar-refractivity contribution in [1.29, 1.82) is 0 Å². The van der Waals surface area contributed by atoms with E-state index in [4.69, 9.17) is 4.74 Å². The van der Waals surface area contributed by atoms with Crippen molar-refractivity contribution in [1.82, 2.24) is 4.83 Å². The van der Waals surface area contributed by atoms with E-state index in [-0.39, 0.29) is 10.3 Å². The van der Waals surface area contributed by atoms with Crippen LogP contribution in [-0.4, -0.2) is 20.7 Å². The number of hydrogen-bond donors (Lipinski definition) is 1. The Kier molecular flexibility index (Phi) is 5.34. The molecule has 0 radical (unpaired) electrons. The van der Waals surface area contributed by atoms with Gasteiger partial charge in [0, 0.05) is 5.71 Å². The van der Waals surface area contributed by atoms with Gasteiger partial charge in [-0.05, 0) is 61.8 Å². The van der Waals surface area contributed by atoms with E-state index in [1.165, 1.54) is 12.1 Å². The third kappa shape index (κ3) is 4.96. The first-order valence-electron chi connectivity index (χ1n) is 8.02. The van der Waals surface area contributed by atoms with Gasteiger partial charge in [0.2, 0.25) is 0 Å². The fourth-order valence-electron chi connectivity index (χ4n) is 3.26. The van der Waals surface area contributed by atoms with Crippen LogP contribution in [0.15, 0.2) is 34.3 Å². The van der Waals surface area contributed by atoms with E-state index < -0.39 is 10.0 Å². The predicted octanol–water partition coefficient (Wildman–Crippen LogP) is 3.57. The molecule has 0 aromatic heterocycles. The standard InChI is InChI=1S/C17H26N2O3S/c1-5-22-15-6-8-16(9-7-15)23(20,21)19-18-14-10-13(2)11-17(3,4)12-14/h6-9,13,19H,5,10-12H2,1-4H3/b18-14+/t13-/m1/s1. The zero-order valence-electron chi connectivity index (χ0n) is 14.3. The number of rotatable bonds is 5. The molecular formula is C17H26N2O3S. The molecule has 0 amide bonds. The average molecular weight is 338 g/mol. The van der Waals surface area contributed by atoms with Crippen molar-refractivity contribution in [3.05, 3.63) is 24.3 Å². The zero-order valence-corrected chi connectivity index (χ0v) is 15.1. The Labute approximate surface area is 139 Å². The Hall–Kier alpha value is -1.56. The van der Waals surface area contributed by atoms with E-state index in [1.54, 1.807) is 12.1 Å². The van der Waals surface area contributed by atoms with Crippen molar-refractivity contribution >= 4 is 15.7 Å². The van der Waals surface area contributed by atoms with Gasteiger partial charge in [-0.3, -0.25) is 0 Å². The predicted molar refractivity (Wildman–Crippen MR) is 92.2 cm³/mol. The highest BCUT2D eigenvalue weighted by atomic mass is 32.2. The molecule has 1 saturated carbocycles.